The maximum atomic E-state index is 11.8. The molecule has 32 heteroatoms. The number of allylic oxidation sites excluding steroid dienone is 2. The van der Waals surface area contributed by atoms with E-state index >= 15 is 0 Å². The van der Waals surface area contributed by atoms with E-state index in [-0.39, 0.29) is 105 Å². The second-order valence-corrected chi connectivity index (χ2v) is 36.0. The van der Waals surface area contributed by atoms with Crippen molar-refractivity contribution in [2.45, 2.75) is 281 Å². The van der Waals surface area contributed by atoms with Crippen LogP contribution in [0, 0.1) is 34.0 Å². The van der Waals surface area contributed by atoms with Crippen molar-refractivity contribution in [3.8, 4) is 0 Å². The van der Waals surface area contributed by atoms with Crippen LogP contribution in [0.25, 0.3) is 0 Å². The number of ketones is 2. The fraction of sp³-hybridized carbons (Fsp3) is 0.670. The Bertz CT molecular complexity index is 3120. The van der Waals surface area contributed by atoms with Crippen molar-refractivity contribution in [3.63, 3.8) is 0 Å². The first-order chi connectivity index (χ1) is 67.5. The first kappa shape index (κ1) is 141. The van der Waals surface area contributed by atoms with E-state index in [4.69, 9.17) is 56.8 Å². The Hall–Kier alpha value is -10.4. The van der Waals surface area contributed by atoms with Crippen LogP contribution in [-0.2, 0) is 85.6 Å². The lowest BCUT2D eigenvalue weighted by molar-refractivity contribution is -0.146. The van der Waals surface area contributed by atoms with Crippen molar-refractivity contribution >= 4 is 71.9 Å². The Morgan fingerprint density at radius 1 is 0.241 bits per heavy atom. The van der Waals surface area contributed by atoms with Gasteiger partial charge in [0.15, 0.2) is 0 Å². The zero-order chi connectivity index (χ0) is 107. The van der Waals surface area contributed by atoms with Crippen LogP contribution in [0.5, 0.6) is 0 Å². The number of unbranched alkanes of at least 4 members (excludes halogenated alkanes) is 12. The summed E-state index contributed by atoms with van der Waals surface area (Å²) in [4.78, 5) is 137. The van der Waals surface area contributed by atoms with E-state index in [2.05, 4.69) is 184 Å². The van der Waals surface area contributed by atoms with Crippen LogP contribution in [0.15, 0.2) is 152 Å². The predicted molar refractivity (Wildman–Crippen MR) is 566 cm³/mol. The van der Waals surface area contributed by atoms with E-state index in [1.54, 1.807) is 60.8 Å². The topological polar surface area (TPSA) is 412 Å². The second kappa shape index (κ2) is 105. The molecule has 0 aliphatic carbocycles. The second-order valence-electron chi connectivity index (χ2n) is 36.0. The molecule has 0 bridgehead atoms. The minimum atomic E-state index is -0.434. The molecule has 0 heterocycles. The molecule has 0 aromatic rings. The van der Waals surface area contributed by atoms with Crippen molar-refractivity contribution in [1.82, 2.24) is 42.5 Å². The third kappa shape index (κ3) is 118. The van der Waals surface area contributed by atoms with Crippen molar-refractivity contribution in [3.05, 3.63) is 152 Å². The molecule has 0 aliphatic heterocycles. The van der Waals surface area contributed by atoms with Crippen molar-refractivity contribution in [1.29, 1.82) is 0 Å². The fourth-order valence-electron chi connectivity index (χ4n) is 13.3. The summed E-state index contributed by atoms with van der Waals surface area (Å²) in [6.45, 7) is 71.9. The smallest absolute Gasteiger partial charge is 0.407 e. The first-order valence-corrected chi connectivity index (χ1v) is 50.5. The maximum absolute atomic E-state index is 11.8. The van der Waals surface area contributed by atoms with Gasteiger partial charge in [0.05, 0.1) is 52.9 Å². The number of ether oxygens (including phenoxy) is 12. The standard InChI is InChI=1S/C22H39NO6.C19H34N2O2.C19H33NO6.C18H31NO4.C16H28N2O2.C15H25NO4/c1-6-12-26-14-16-28-20(24)9-8-19(3)18-22(4,5)10-11-23-21(25)29-17-15-27-13-7-2;1-6-8-9-17(22)11-10-16(3)15-19(4,5)12-14-21-18(23)20-13-7-2;1-3-12-23-14-16-25-18(21)10-8-6-5-7-9-11-20-19(22)26-17-15-24-13-4-2;1-6-12-22-16(20)9-8-15(3)14-18(4,5)10-11-19-17(21)23-13-7-2;1-3-5-11-15(19)12-9-7-6-8-10-14-18-16(20)17-13-4-2;1-3-12-19-14(17)10-8-6-5-7-9-11-16-15(18)20-13-4-2/h6-7,19H,1-2,8-18H2,3-5H3,(H,23,25);6-7,16H,1-2,8-15H2,3-5H3,(H2,20,21,23);3-4H,1-2,5-17H2,(H,20,22);6-7,15H,1-2,8-14H2,3-5H3,(H,19,21);3-4H,1-2,5-14H2,(H2,17,18,20);3-4H,1-2,5-13H2,(H,16,18). The molecule has 0 rings (SSSR count). The molecule has 8 N–H and O–H groups in total. The summed E-state index contributed by atoms with van der Waals surface area (Å²) >= 11 is 0. The zero-order valence-corrected chi connectivity index (χ0v) is 88.5. The van der Waals surface area contributed by atoms with E-state index in [0.29, 0.717) is 186 Å². The molecule has 0 spiro atoms. The number of esters is 4. The highest BCUT2D eigenvalue weighted by molar-refractivity contribution is 5.79. The van der Waals surface area contributed by atoms with Gasteiger partial charge in [0.2, 0.25) is 0 Å². The number of amides is 8. The lowest BCUT2D eigenvalue weighted by Crippen LogP contribution is -2.37. The number of Topliss-reactive ketones (excluding diaryl/α,β-unsaturated/α-hetero) is 2. The van der Waals surface area contributed by atoms with Crippen LogP contribution in [0.3, 0.4) is 0 Å². The van der Waals surface area contributed by atoms with Gasteiger partial charge in [0.25, 0.3) is 0 Å². The number of nitrogens with one attached hydrogen (secondary N) is 8. The summed E-state index contributed by atoms with van der Waals surface area (Å²) in [5, 5.41) is 21.8. The summed E-state index contributed by atoms with van der Waals surface area (Å²) in [6.07, 6.45) is 46.7. The quantitative estimate of drug-likeness (QED) is 0.0121. The van der Waals surface area contributed by atoms with Gasteiger partial charge < -0.3 is 99.4 Å². The Kier molecular flexibility index (Phi) is 106. The van der Waals surface area contributed by atoms with Gasteiger partial charge in [0, 0.05) is 104 Å². The Balaban J connectivity index is -0.000000390. The molecule has 3 unspecified atom stereocenters. The highest BCUT2D eigenvalue weighted by Gasteiger charge is 2.26. The van der Waals surface area contributed by atoms with E-state index in [1.807, 2.05) is 0 Å². The molecule has 810 valence electrons. The zero-order valence-electron chi connectivity index (χ0n) is 88.5. The van der Waals surface area contributed by atoms with Gasteiger partial charge in [-0.05, 0) is 143 Å². The minimum Gasteiger partial charge on any atom is -0.463 e. The monoisotopic (exact) mass is 2000 g/mol. The fourth-order valence-corrected chi connectivity index (χ4v) is 13.3. The summed E-state index contributed by atoms with van der Waals surface area (Å²) in [5.74, 6) is 1.23. The summed E-state index contributed by atoms with van der Waals surface area (Å²) < 4.78 is 60.2. The molecule has 32 nitrogen and oxygen atoms in total. The molecule has 0 aliphatic rings. The van der Waals surface area contributed by atoms with Crippen LogP contribution in [0.2, 0.25) is 0 Å². The lowest BCUT2D eigenvalue weighted by Gasteiger charge is -2.28. The predicted octanol–water partition coefficient (Wildman–Crippen LogP) is 21.3. The third-order valence-electron chi connectivity index (χ3n) is 20.4. The number of rotatable bonds is 86. The highest BCUT2D eigenvalue weighted by atomic mass is 16.6. The minimum absolute atomic E-state index is 0.0439. The van der Waals surface area contributed by atoms with Gasteiger partial charge in [0.1, 0.15) is 64.4 Å². The average Bonchev–Trinajstić information content (AvgIpc) is 0.912. The Labute approximate surface area is 849 Å². The molecule has 0 radical (unpaired) electrons. The van der Waals surface area contributed by atoms with Crippen LogP contribution in [-0.4, -0.2) is 230 Å². The largest absolute Gasteiger partial charge is 0.463 e. The number of hydrogen-bond acceptors (Lipinski definition) is 24. The number of urea groups is 2. The van der Waals surface area contributed by atoms with Gasteiger partial charge in [-0.15, -0.1) is 52.6 Å². The maximum Gasteiger partial charge on any atom is 0.407 e. The van der Waals surface area contributed by atoms with Crippen LogP contribution in [0.4, 0.5) is 28.8 Å². The number of carbonyl (C=O) groups is 12. The van der Waals surface area contributed by atoms with E-state index in [9.17, 15) is 57.5 Å². The molecule has 141 heavy (non-hydrogen) atoms. The van der Waals surface area contributed by atoms with Gasteiger partial charge in [-0.25, -0.2) is 28.8 Å². The normalized spacial score (nSPS) is 11.1. The van der Waals surface area contributed by atoms with E-state index < -0.39 is 24.4 Å². The number of hydrogen-bond donors (Lipinski definition) is 8. The first-order valence-electron chi connectivity index (χ1n) is 50.5. The summed E-state index contributed by atoms with van der Waals surface area (Å²) in [6, 6.07) is -0.292. The molecule has 3 atom stereocenters. The SMILES string of the molecule is C=CCCC(=O)CCC(C)CC(C)(C)CCNC(=O)NCC=C.C=CCCC(=O)CCCCCCCNC(=O)NCC=C.C=CCOC(=O)CCC(C)CC(C)(C)CCNC(=O)OCC=C.C=CCOC(=O)CCCCCCCNC(=O)OCC=C.C=CCOCCOC(=O)CCC(C)CC(C)(C)CCNC(=O)OCCOCC=C.C=CCOCCOC(=O)CCCCCCCNC(=O)OCCOCC=C. The molecule has 0 fully saturated rings. The van der Waals surface area contributed by atoms with Crippen LogP contribution in [0.1, 0.15) is 281 Å². The molecule has 0 saturated heterocycles. The molecule has 0 aromatic carbocycles. The summed E-state index contributed by atoms with van der Waals surface area (Å²) in [5.41, 5.74) is 0.271. The van der Waals surface area contributed by atoms with E-state index in [1.165, 1.54) is 12.2 Å². The van der Waals surface area contributed by atoms with Crippen LogP contribution < -0.4 is 42.5 Å². The van der Waals surface area contributed by atoms with E-state index in [0.717, 1.165) is 167 Å². The summed E-state index contributed by atoms with van der Waals surface area (Å²) in [7, 11) is 0. The van der Waals surface area contributed by atoms with Crippen molar-refractivity contribution in [2.75, 3.05) is 158 Å². The van der Waals surface area contributed by atoms with Gasteiger partial charge in [-0.1, -0.05) is 219 Å². The molecular weight excluding hydrogens is 1810 g/mol. The number of carbonyl (C=O) groups excluding carboxylic acids is 12. The highest BCUT2D eigenvalue weighted by Crippen LogP contribution is 2.33. The third-order valence-corrected chi connectivity index (χ3v) is 20.4. The number of alkyl carbamates (subject to hydrolysis) is 4. The molecular formula is C109H190N8O24. The molecule has 0 aromatic heterocycles. The van der Waals surface area contributed by atoms with Gasteiger partial charge >= 0.3 is 60.3 Å². The molecule has 0 saturated carbocycles. The van der Waals surface area contributed by atoms with Gasteiger partial charge in [-0.2, -0.15) is 0 Å². The Morgan fingerprint density at radius 3 is 0.837 bits per heavy atom. The average molecular weight is 2000 g/mol. The van der Waals surface area contributed by atoms with Crippen molar-refractivity contribution in [2.24, 2.45) is 34.0 Å². The van der Waals surface area contributed by atoms with Crippen molar-refractivity contribution < 1.29 is 114 Å². The lowest BCUT2D eigenvalue weighted by atomic mass is 9.79. The van der Waals surface area contributed by atoms with Gasteiger partial charge in [-0.3, -0.25) is 28.8 Å². The Morgan fingerprint density at radius 2 is 0.496 bits per heavy atom. The van der Waals surface area contributed by atoms with Crippen LogP contribution >= 0.6 is 0 Å². The molecule has 8 amide bonds.